The lowest BCUT2D eigenvalue weighted by Crippen LogP contribution is -2.48. The van der Waals surface area contributed by atoms with Gasteiger partial charge in [-0.25, -0.2) is 0 Å². The fourth-order valence-electron chi connectivity index (χ4n) is 3.14. The lowest BCUT2D eigenvalue weighted by molar-refractivity contribution is 0.111. The molecule has 1 aromatic heterocycles. The molecule has 3 rings (SSSR count). The van der Waals surface area contributed by atoms with Crippen molar-refractivity contribution in [3.05, 3.63) is 42.2 Å². The molecule has 0 radical (unpaired) electrons. The van der Waals surface area contributed by atoms with Gasteiger partial charge in [0, 0.05) is 23.7 Å². The standard InChI is InChI=1S/C17H23N3O.ClH/c1-13(18)17-9-5-6-10-20(17)12-15-11-16(19-21-15)14-7-3-2-4-8-14;/h2-4,7-8,11,13,17H,5-6,9-10,12,18H2,1H3;1H. The zero-order chi connectivity index (χ0) is 14.7. The number of benzene rings is 1. The van der Waals surface area contributed by atoms with Crippen LogP contribution in [0.2, 0.25) is 0 Å². The molecule has 1 fully saturated rings. The van der Waals surface area contributed by atoms with Gasteiger partial charge in [-0.1, -0.05) is 41.9 Å². The molecule has 22 heavy (non-hydrogen) atoms. The summed E-state index contributed by atoms with van der Waals surface area (Å²) in [6.07, 6.45) is 3.69. The molecule has 120 valence electrons. The van der Waals surface area contributed by atoms with Crippen molar-refractivity contribution in [3.63, 3.8) is 0 Å². The van der Waals surface area contributed by atoms with Gasteiger partial charge in [0.25, 0.3) is 0 Å². The summed E-state index contributed by atoms with van der Waals surface area (Å²) >= 11 is 0. The van der Waals surface area contributed by atoms with Gasteiger partial charge in [0.05, 0.1) is 6.54 Å². The van der Waals surface area contributed by atoms with Gasteiger partial charge in [0.15, 0.2) is 5.76 Å². The van der Waals surface area contributed by atoms with E-state index in [4.69, 9.17) is 10.3 Å². The van der Waals surface area contributed by atoms with Crippen LogP contribution in [0.4, 0.5) is 0 Å². The minimum atomic E-state index is 0. The molecule has 0 bridgehead atoms. The monoisotopic (exact) mass is 321 g/mol. The molecule has 2 N–H and O–H groups in total. The summed E-state index contributed by atoms with van der Waals surface area (Å²) in [7, 11) is 0. The van der Waals surface area contributed by atoms with Crippen molar-refractivity contribution in [1.82, 2.24) is 10.1 Å². The number of likely N-dealkylation sites (tertiary alicyclic amines) is 1. The maximum Gasteiger partial charge on any atom is 0.151 e. The minimum absolute atomic E-state index is 0. The van der Waals surface area contributed by atoms with Crippen LogP contribution in [0.3, 0.4) is 0 Å². The molecule has 0 saturated carbocycles. The average Bonchev–Trinajstić information content (AvgIpc) is 2.97. The van der Waals surface area contributed by atoms with Gasteiger partial charge in [0.2, 0.25) is 0 Å². The average molecular weight is 322 g/mol. The number of aromatic nitrogens is 1. The highest BCUT2D eigenvalue weighted by Crippen LogP contribution is 2.24. The Kier molecular flexibility index (Phi) is 6.00. The number of nitrogens with zero attached hydrogens (tertiary/aromatic N) is 2. The first-order chi connectivity index (χ1) is 10.2. The Morgan fingerprint density at radius 1 is 1.32 bits per heavy atom. The van der Waals surface area contributed by atoms with Crippen LogP contribution in [-0.4, -0.2) is 28.7 Å². The molecular formula is C17H24ClN3O. The molecule has 0 aliphatic carbocycles. The van der Waals surface area contributed by atoms with E-state index < -0.39 is 0 Å². The SMILES string of the molecule is CC(N)C1CCCCN1Cc1cc(-c2ccccc2)no1.Cl. The number of hydrogen-bond acceptors (Lipinski definition) is 4. The van der Waals surface area contributed by atoms with E-state index in [9.17, 15) is 0 Å². The number of hydrogen-bond donors (Lipinski definition) is 1. The van der Waals surface area contributed by atoms with Crippen LogP contribution in [0.15, 0.2) is 40.9 Å². The molecule has 2 aromatic rings. The smallest absolute Gasteiger partial charge is 0.151 e. The second-order valence-corrected chi connectivity index (χ2v) is 5.94. The molecular weight excluding hydrogens is 298 g/mol. The lowest BCUT2D eigenvalue weighted by Gasteiger charge is -2.37. The molecule has 5 heteroatoms. The van der Waals surface area contributed by atoms with Crippen LogP contribution in [0.1, 0.15) is 31.9 Å². The van der Waals surface area contributed by atoms with Crippen molar-refractivity contribution in [2.45, 2.75) is 44.8 Å². The summed E-state index contributed by atoms with van der Waals surface area (Å²) in [5.41, 5.74) is 8.11. The fraction of sp³-hybridized carbons (Fsp3) is 0.471. The van der Waals surface area contributed by atoms with E-state index in [0.717, 1.165) is 30.1 Å². The predicted molar refractivity (Wildman–Crippen MR) is 90.9 cm³/mol. The maximum atomic E-state index is 6.12. The molecule has 0 amide bonds. The largest absolute Gasteiger partial charge is 0.359 e. The van der Waals surface area contributed by atoms with Crippen LogP contribution < -0.4 is 5.73 Å². The Morgan fingerprint density at radius 3 is 2.82 bits per heavy atom. The van der Waals surface area contributed by atoms with Crippen molar-refractivity contribution in [2.24, 2.45) is 5.73 Å². The molecule has 2 unspecified atom stereocenters. The summed E-state index contributed by atoms with van der Waals surface area (Å²) in [6.45, 7) is 3.98. The van der Waals surface area contributed by atoms with Crippen LogP contribution in [0.25, 0.3) is 11.3 Å². The van der Waals surface area contributed by atoms with E-state index in [1.807, 2.05) is 36.4 Å². The van der Waals surface area contributed by atoms with E-state index in [0.29, 0.717) is 6.04 Å². The van der Waals surface area contributed by atoms with E-state index in [1.165, 1.54) is 19.3 Å². The van der Waals surface area contributed by atoms with Crippen molar-refractivity contribution in [3.8, 4) is 11.3 Å². The van der Waals surface area contributed by atoms with Crippen LogP contribution in [0.5, 0.6) is 0 Å². The molecule has 1 aliphatic rings. The maximum absolute atomic E-state index is 6.12. The van der Waals surface area contributed by atoms with Crippen LogP contribution in [0, 0.1) is 0 Å². The Balaban J connectivity index is 0.00000176. The molecule has 4 nitrogen and oxygen atoms in total. The van der Waals surface area contributed by atoms with E-state index >= 15 is 0 Å². The third-order valence-corrected chi connectivity index (χ3v) is 4.26. The second kappa shape index (κ2) is 7.77. The Bertz CT molecular complexity index is 570. The van der Waals surface area contributed by atoms with Crippen LogP contribution >= 0.6 is 12.4 Å². The third-order valence-electron chi connectivity index (χ3n) is 4.26. The number of piperidine rings is 1. The normalized spacial score (nSPS) is 20.4. The zero-order valence-corrected chi connectivity index (χ0v) is 13.8. The van der Waals surface area contributed by atoms with Crippen molar-refractivity contribution in [2.75, 3.05) is 6.54 Å². The molecule has 2 atom stereocenters. The lowest BCUT2D eigenvalue weighted by atomic mass is 9.97. The van der Waals surface area contributed by atoms with E-state index in [2.05, 4.69) is 17.0 Å². The number of rotatable bonds is 4. The second-order valence-electron chi connectivity index (χ2n) is 5.94. The molecule has 1 aliphatic heterocycles. The highest BCUT2D eigenvalue weighted by Gasteiger charge is 2.26. The Morgan fingerprint density at radius 2 is 2.09 bits per heavy atom. The Hall–Kier alpha value is -1.36. The quantitative estimate of drug-likeness (QED) is 0.937. The minimum Gasteiger partial charge on any atom is -0.359 e. The van der Waals surface area contributed by atoms with Crippen LogP contribution in [-0.2, 0) is 6.54 Å². The summed E-state index contributed by atoms with van der Waals surface area (Å²) in [5.74, 6) is 0.918. The van der Waals surface area contributed by atoms with Crippen molar-refractivity contribution < 1.29 is 4.52 Å². The summed E-state index contributed by atoms with van der Waals surface area (Å²) < 4.78 is 5.52. The first-order valence-corrected chi connectivity index (χ1v) is 7.74. The Labute approximate surface area is 138 Å². The first kappa shape index (κ1) is 17.0. The predicted octanol–water partition coefficient (Wildman–Crippen LogP) is 3.47. The fourth-order valence-corrected chi connectivity index (χ4v) is 3.14. The first-order valence-electron chi connectivity index (χ1n) is 7.74. The van der Waals surface area contributed by atoms with E-state index in [1.54, 1.807) is 0 Å². The van der Waals surface area contributed by atoms with Gasteiger partial charge < -0.3 is 10.3 Å². The molecule has 1 saturated heterocycles. The van der Waals surface area contributed by atoms with Gasteiger partial charge in [0.1, 0.15) is 5.69 Å². The molecule has 2 heterocycles. The number of halogens is 1. The number of nitrogens with two attached hydrogens (primary N) is 1. The molecule has 1 aromatic carbocycles. The summed E-state index contributed by atoms with van der Waals surface area (Å²) in [5, 5.41) is 4.19. The van der Waals surface area contributed by atoms with Gasteiger partial charge in [-0.05, 0) is 26.3 Å². The van der Waals surface area contributed by atoms with Gasteiger partial charge >= 0.3 is 0 Å². The summed E-state index contributed by atoms with van der Waals surface area (Å²) in [4.78, 5) is 2.43. The van der Waals surface area contributed by atoms with Crippen molar-refractivity contribution in [1.29, 1.82) is 0 Å². The highest BCUT2D eigenvalue weighted by atomic mass is 35.5. The topological polar surface area (TPSA) is 55.3 Å². The van der Waals surface area contributed by atoms with Gasteiger partial charge in [-0.2, -0.15) is 0 Å². The summed E-state index contributed by atoms with van der Waals surface area (Å²) in [6, 6.07) is 12.8. The van der Waals surface area contributed by atoms with Gasteiger partial charge in [-0.15, -0.1) is 12.4 Å². The van der Waals surface area contributed by atoms with Crippen molar-refractivity contribution >= 4 is 12.4 Å². The zero-order valence-electron chi connectivity index (χ0n) is 12.9. The highest BCUT2D eigenvalue weighted by molar-refractivity contribution is 5.85. The van der Waals surface area contributed by atoms with Gasteiger partial charge in [-0.3, -0.25) is 4.90 Å². The third kappa shape index (κ3) is 3.88. The van der Waals surface area contributed by atoms with E-state index in [-0.39, 0.29) is 18.4 Å². The molecule has 0 spiro atoms.